The van der Waals surface area contributed by atoms with Crippen LogP contribution in [0.3, 0.4) is 0 Å². The number of aromatic nitrogens is 1. The minimum atomic E-state index is -0.452. The van der Waals surface area contributed by atoms with Gasteiger partial charge < -0.3 is 24.3 Å². The second-order valence-electron chi connectivity index (χ2n) is 11.0. The molecule has 42 heavy (non-hydrogen) atoms. The number of aromatic amines is 1. The van der Waals surface area contributed by atoms with Crippen molar-refractivity contribution in [1.82, 2.24) is 14.8 Å². The smallest absolute Gasteiger partial charge is 0.416 e. The number of β-amino-alcohol motifs (C(OH)–C–C–N with tert-alkyl or cyclic N) is 1. The number of halogens is 1. The lowest BCUT2D eigenvalue weighted by Crippen LogP contribution is -2.42. The van der Waals surface area contributed by atoms with E-state index in [2.05, 4.69) is 9.88 Å². The molecule has 2 aliphatic heterocycles. The molecule has 1 saturated heterocycles. The van der Waals surface area contributed by atoms with E-state index in [4.69, 9.17) is 25.8 Å². The maximum Gasteiger partial charge on any atom is 0.416 e. The standard InChI is InChI=1S/C33H36ClN3O5/c1-22-2-7-27(8-3-22)42-33(39)37-14-12-28-29-20-24(34)6-11-30(29)35-31(28)32(37)23-4-9-26(10-5-23)41-17-13-25(38)21-36-15-18-40-19-16-36/h2-11,20,25,32,35,38H,12-19,21H2,1H3/t25?,32-/m0/s1. The van der Waals surface area contributed by atoms with Crippen molar-refractivity contribution in [1.29, 1.82) is 0 Å². The summed E-state index contributed by atoms with van der Waals surface area (Å²) in [5, 5.41) is 12.2. The summed E-state index contributed by atoms with van der Waals surface area (Å²) in [5.74, 6) is 1.23. The number of benzene rings is 3. The van der Waals surface area contributed by atoms with Crippen molar-refractivity contribution < 1.29 is 24.1 Å². The lowest BCUT2D eigenvalue weighted by Gasteiger charge is -2.35. The molecular weight excluding hydrogens is 554 g/mol. The number of nitrogens with one attached hydrogen (secondary N) is 1. The maximum absolute atomic E-state index is 13.5. The number of ether oxygens (including phenoxy) is 3. The summed E-state index contributed by atoms with van der Waals surface area (Å²) in [6, 6.07) is 20.7. The van der Waals surface area contributed by atoms with Crippen LogP contribution in [-0.4, -0.2) is 78.1 Å². The molecule has 3 aromatic carbocycles. The highest BCUT2D eigenvalue weighted by Crippen LogP contribution is 2.40. The molecule has 220 valence electrons. The van der Waals surface area contributed by atoms with Gasteiger partial charge in [0.15, 0.2) is 0 Å². The van der Waals surface area contributed by atoms with Gasteiger partial charge in [-0.15, -0.1) is 0 Å². The van der Waals surface area contributed by atoms with E-state index in [1.165, 1.54) is 0 Å². The van der Waals surface area contributed by atoms with Gasteiger partial charge in [0.2, 0.25) is 0 Å². The third kappa shape index (κ3) is 6.42. The Balaban J connectivity index is 1.19. The highest BCUT2D eigenvalue weighted by molar-refractivity contribution is 6.31. The molecule has 0 bridgehead atoms. The Morgan fingerprint density at radius 3 is 2.55 bits per heavy atom. The molecule has 0 spiro atoms. The van der Waals surface area contributed by atoms with Crippen LogP contribution in [-0.2, 0) is 11.2 Å². The predicted octanol–water partition coefficient (Wildman–Crippen LogP) is 5.74. The molecule has 3 heterocycles. The first kappa shape index (κ1) is 28.6. The van der Waals surface area contributed by atoms with E-state index in [1.807, 2.05) is 73.7 Å². The van der Waals surface area contributed by atoms with Crippen LogP contribution < -0.4 is 9.47 Å². The molecule has 8 nitrogen and oxygen atoms in total. The average Bonchev–Trinajstić information content (AvgIpc) is 3.36. The molecule has 4 aromatic rings. The van der Waals surface area contributed by atoms with Gasteiger partial charge in [0.25, 0.3) is 0 Å². The van der Waals surface area contributed by atoms with Crippen molar-refractivity contribution in [3.63, 3.8) is 0 Å². The molecule has 9 heteroatoms. The Morgan fingerprint density at radius 1 is 1.05 bits per heavy atom. The fourth-order valence-corrected chi connectivity index (χ4v) is 5.97. The Labute approximate surface area is 250 Å². The van der Waals surface area contributed by atoms with Crippen LogP contribution in [0.2, 0.25) is 5.02 Å². The van der Waals surface area contributed by atoms with Gasteiger partial charge in [-0.1, -0.05) is 41.4 Å². The summed E-state index contributed by atoms with van der Waals surface area (Å²) in [7, 11) is 0. The second-order valence-corrected chi connectivity index (χ2v) is 11.4. The van der Waals surface area contributed by atoms with Crippen LogP contribution in [0.4, 0.5) is 4.79 Å². The normalized spacial score (nSPS) is 18.1. The predicted molar refractivity (Wildman–Crippen MR) is 163 cm³/mol. The van der Waals surface area contributed by atoms with Gasteiger partial charge in [0.05, 0.1) is 25.9 Å². The number of hydrogen-bond acceptors (Lipinski definition) is 6. The SMILES string of the molecule is Cc1ccc(OC(=O)N2CCc3c([nH]c4ccc(Cl)cc34)[C@@H]2c2ccc(OCCC(O)CN3CCOCC3)cc2)cc1. The first-order valence-electron chi connectivity index (χ1n) is 14.5. The number of aryl methyl sites for hydroxylation is 1. The largest absolute Gasteiger partial charge is 0.493 e. The van der Waals surface area contributed by atoms with Crippen molar-refractivity contribution in [2.45, 2.75) is 31.9 Å². The first-order valence-corrected chi connectivity index (χ1v) is 14.9. The molecule has 1 fully saturated rings. The number of H-pyrrole nitrogens is 1. The molecule has 1 unspecified atom stereocenters. The summed E-state index contributed by atoms with van der Waals surface area (Å²) in [4.78, 5) is 21.1. The molecule has 1 aromatic heterocycles. The molecule has 1 amide bonds. The highest BCUT2D eigenvalue weighted by Gasteiger charge is 2.35. The molecular formula is C33H36ClN3O5. The summed E-state index contributed by atoms with van der Waals surface area (Å²) in [5.41, 5.74) is 5.14. The summed E-state index contributed by atoms with van der Waals surface area (Å²) >= 11 is 6.34. The molecule has 2 aliphatic rings. The Bertz CT molecular complexity index is 1520. The molecule has 2 atom stereocenters. The monoisotopic (exact) mass is 589 g/mol. The quantitative estimate of drug-likeness (QED) is 0.273. The van der Waals surface area contributed by atoms with E-state index >= 15 is 0 Å². The number of fused-ring (bicyclic) bond motifs is 3. The Hall–Kier alpha value is -3.56. The van der Waals surface area contributed by atoms with Crippen LogP contribution in [0.25, 0.3) is 10.9 Å². The molecule has 0 aliphatic carbocycles. The van der Waals surface area contributed by atoms with Crippen molar-refractivity contribution in [2.75, 3.05) is 46.0 Å². The fourth-order valence-electron chi connectivity index (χ4n) is 5.80. The Morgan fingerprint density at radius 2 is 1.79 bits per heavy atom. The number of carbonyl (C=O) groups is 1. The van der Waals surface area contributed by atoms with Gasteiger partial charge >= 0.3 is 6.09 Å². The van der Waals surface area contributed by atoms with Crippen molar-refractivity contribution in [3.05, 3.63) is 94.1 Å². The zero-order chi connectivity index (χ0) is 29.1. The number of rotatable bonds is 8. The average molecular weight is 590 g/mol. The molecule has 6 rings (SSSR count). The number of nitrogens with zero attached hydrogens (tertiary/aromatic N) is 2. The zero-order valence-electron chi connectivity index (χ0n) is 23.7. The van der Waals surface area contributed by atoms with Crippen molar-refractivity contribution in [3.8, 4) is 11.5 Å². The van der Waals surface area contributed by atoms with Gasteiger partial charge in [-0.25, -0.2) is 4.79 Å². The van der Waals surface area contributed by atoms with E-state index in [0.717, 1.165) is 46.4 Å². The van der Waals surface area contributed by atoms with E-state index in [9.17, 15) is 9.90 Å². The minimum Gasteiger partial charge on any atom is -0.493 e. The molecule has 0 radical (unpaired) electrons. The summed E-state index contributed by atoms with van der Waals surface area (Å²) in [6.45, 7) is 6.66. The van der Waals surface area contributed by atoms with Crippen LogP contribution in [0, 0.1) is 6.92 Å². The number of hydrogen-bond donors (Lipinski definition) is 2. The van der Waals surface area contributed by atoms with E-state index in [1.54, 1.807) is 4.90 Å². The third-order valence-corrected chi connectivity index (χ3v) is 8.27. The zero-order valence-corrected chi connectivity index (χ0v) is 24.5. The molecule has 0 saturated carbocycles. The van der Waals surface area contributed by atoms with Crippen LogP contribution in [0.15, 0.2) is 66.7 Å². The molecule has 2 N–H and O–H groups in total. The third-order valence-electron chi connectivity index (χ3n) is 8.04. The summed E-state index contributed by atoms with van der Waals surface area (Å²) in [6.07, 6.45) is 0.372. The lowest BCUT2D eigenvalue weighted by atomic mass is 9.92. The minimum absolute atomic E-state index is 0.373. The Kier molecular flexibility index (Phi) is 8.67. The van der Waals surface area contributed by atoms with Crippen molar-refractivity contribution in [2.24, 2.45) is 0 Å². The van der Waals surface area contributed by atoms with E-state index in [0.29, 0.717) is 62.3 Å². The maximum atomic E-state index is 13.5. The number of morpholine rings is 1. The number of amides is 1. The second kappa shape index (κ2) is 12.8. The lowest BCUT2D eigenvalue weighted by molar-refractivity contribution is 0.0108. The van der Waals surface area contributed by atoms with Crippen LogP contribution in [0.1, 0.15) is 34.8 Å². The fraction of sp³-hybridized carbons (Fsp3) is 0.364. The number of carbonyl (C=O) groups excluding carboxylic acids is 1. The van der Waals surface area contributed by atoms with Crippen LogP contribution >= 0.6 is 11.6 Å². The van der Waals surface area contributed by atoms with Gasteiger partial charge in [-0.3, -0.25) is 9.80 Å². The summed E-state index contributed by atoms with van der Waals surface area (Å²) < 4.78 is 17.2. The van der Waals surface area contributed by atoms with E-state index in [-0.39, 0.29) is 6.04 Å². The topological polar surface area (TPSA) is 87.3 Å². The first-order chi connectivity index (χ1) is 20.4. The number of aliphatic hydroxyl groups is 1. The van der Waals surface area contributed by atoms with Gasteiger partial charge in [0, 0.05) is 54.2 Å². The van der Waals surface area contributed by atoms with Gasteiger partial charge in [-0.2, -0.15) is 0 Å². The van der Waals surface area contributed by atoms with Crippen molar-refractivity contribution >= 4 is 28.6 Å². The van der Waals surface area contributed by atoms with Gasteiger partial charge in [-0.05, 0) is 66.9 Å². The number of aliphatic hydroxyl groups excluding tert-OH is 1. The van der Waals surface area contributed by atoms with E-state index < -0.39 is 12.2 Å². The highest BCUT2D eigenvalue weighted by atomic mass is 35.5. The van der Waals surface area contributed by atoms with Gasteiger partial charge in [0.1, 0.15) is 17.5 Å². The van der Waals surface area contributed by atoms with Crippen LogP contribution in [0.5, 0.6) is 11.5 Å².